The Morgan fingerprint density at radius 2 is 2.11 bits per heavy atom. The van der Waals surface area contributed by atoms with Gasteiger partial charge < -0.3 is 10.1 Å². The Bertz CT molecular complexity index is 831. The van der Waals surface area contributed by atoms with Crippen LogP contribution in [0.25, 0.3) is 0 Å². The number of nitriles is 1. The van der Waals surface area contributed by atoms with Crippen LogP contribution in [0.2, 0.25) is 0 Å². The van der Waals surface area contributed by atoms with E-state index in [0.29, 0.717) is 17.2 Å². The zero-order valence-corrected chi connectivity index (χ0v) is 16.5. The Kier molecular flexibility index (Phi) is 7.94. The van der Waals surface area contributed by atoms with E-state index >= 15 is 0 Å². The fourth-order valence-corrected chi connectivity index (χ4v) is 3.10. The summed E-state index contributed by atoms with van der Waals surface area (Å²) in [6, 6.07) is 9.20. The summed E-state index contributed by atoms with van der Waals surface area (Å²) >= 11 is 0. The molecule has 28 heavy (non-hydrogen) atoms. The average Bonchev–Trinajstić information content (AvgIpc) is 2.70. The monoisotopic (exact) mass is 383 g/mol. The maximum atomic E-state index is 13.4. The van der Waals surface area contributed by atoms with Crippen LogP contribution in [0.3, 0.4) is 0 Å². The lowest BCUT2D eigenvalue weighted by atomic mass is 9.93. The second kappa shape index (κ2) is 10.4. The molecule has 0 spiro atoms. The number of carbonyl (C=O) groups is 1. The third-order valence-electron chi connectivity index (χ3n) is 4.72. The van der Waals surface area contributed by atoms with Gasteiger partial charge in [-0.2, -0.15) is 5.26 Å². The molecule has 0 aliphatic carbocycles. The molecule has 1 aromatic carbocycles. The molecule has 0 saturated heterocycles. The summed E-state index contributed by atoms with van der Waals surface area (Å²) < 4.78 is 18.9. The average molecular weight is 383 g/mol. The molecule has 1 unspecified atom stereocenters. The standard InChI is InChI=1S/C22H26FN3O2/c1-4-6-17(5-2)15(3)26-22(27)18-7-8-20(25-13-18)14-28-21-10-16(12-24)9-19(23)11-21/h7-11,13,15,17H,4-6,14H2,1-3H3,(H,26,27)/t15-,17?/m0/s1. The van der Waals surface area contributed by atoms with E-state index in [1.165, 1.54) is 18.3 Å². The highest BCUT2D eigenvalue weighted by Crippen LogP contribution is 2.18. The lowest BCUT2D eigenvalue weighted by Gasteiger charge is -2.23. The SMILES string of the molecule is CCCC(CC)[C@H](C)NC(=O)c1ccc(COc2cc(F)cc(C#N)c2)nc1. The minimum atomic E-state index is -0.531. The van der Waals surface area contributed by atoms with Gasteiger partial charge in [0, 0.05) is 18.3 Å². The van der Waals surface area contributed by atoms with Gasteiger partial charge in [0.15, 0.2) is 0 Å². The summed E-state index contributed by atoms with van der Waals surface area (Å²) in [6.07, 6.45) is 4.71. The Labute approximate surface area is 165 Å². The van der Waals surface area contributed by atoms with Crippen molar-refractivity contribution in [2.45, 2.75) is 52.7 Å². The summed E-state index contributed by atoms with van der Waals surface area (Å²) in [4.78, 5) is 16.7. The fraction of sp³-hybridized carbons (Fsp3) is 0.409. The Morgan fingerprint density at radius 1 is 1.32 bits per heavy atom. The first-order chi connectivity index (χ1) is 13.5. The van der Waals surface area contributed by atoms with E-state index in [1.807, 2.05) is 13.0 Å². The highest BCUT2D eigenvalue weighted by Gasteiger charge is 2.17. The van der Waals surface area contributed by atoms with Crippen LogP contribution in [0.4, 0.5) is 4.39 Å². The zero-order valence-electron chi connectivity index (χ0n) is 16.5. The number of hydrogen-bond donors (Lipinski definition) is 1. The molecule has 0 aliphatic rings. The van der Waals surface area contributed by atoms with Crippen molar-refractivity contribution in [1.82, 2.24) is 10.3 Å². The number of carbonyl (C=O) groups excluding carboxylic acids is 1. The van der Waals surface area contributed by atoms with Crippen LogP contribution in [0, 0.1) is 23.1 Å². The minimum absolute atomic E-state index is 0.0998. The summed E-state index contributed by atoms with van der Waals surface area (Å²) in [6.45, 7) is 6.43. The van der Waals surface area contributed by atoms with Crippen molar-refractivity contribution >= 4 is 5.91 Å². The van der Waals surface area contributed by atoms with Gasteiger partial charge in [0.25, 0.3) is 5.91 Å². The van der Waals surface area contributed by atoms with Gasteiger partial charge in [-0.1, -0.05) is 26.7 Å². The summed E-state index contributed by atoms with van der Waals surface area (Å²) in [5.41, 5.74) is 1.28. The lowest BCUT2D eigenvalue weighted by Crippen LogP contribution is -2.38. The number of halogens is 1. The van der Waals surface area contributed by atoms with Gasteiger partial charge >= 0.3 is 0 Å². The van der Waals surface area contributed by atoms with Gasteiger partial charge in [0.05, 0.1) is 22.9 Å². The highest BCUT2D eigenvalue weighted by molar-refractivity contribution is 5.94. The number of rotatable bonds is 9. The maximum absolute atomic E-state index is 13.4. The van der Waals surface area contributed by atoms with E-state index < -0.39 is 5.82 Å². The Balaban J connectivity index is 1.95. The van der Waals surface area contributed by atoms with Crippen molar-refractivity contribution in [3.63, 3.8) is 0 Å². The van der Waals surface area contributed by atoms with E-state index in [9.17, 15) is 9.18 Å². The number of nitrogens with zero attached hydrogens (tertiary/aromatic N) is 2. The van der Waals surface area contributed by atoms with Crippen molar-refractivity contribution < 1.29 is 13.9 Å². The first kappa shape index (κ1) is 21.4. The number of ether oxygens (including phenoxy) is 1. The molecule has 0 bridgehead atoms. The third kappa shape index (κ3) is 6.05. The van der Waals surface area contributed by atoms with Crippen LogP contribution < -0.4 is 10.1 Å². The van der Waals surface area contributed by atoms with Crippen molar-refractivity contribution in [1.29, 1.82) is 5.26 Å². The van der Waals surface area contributed by atoms with Crippen LogP contribution in [0.15, 0.2) is 36.5 Å². The van der Waals surface area contributed by atoms with Crippen LogP contribution in [-0.2, 0) is 6.61 Å². The molecule has 1 amide bonds. The van der Waals surface area contributed by atoms with E-state index in [0.717, 1.165) is 25.3 Å². The predicted octanol–water partition coefficient (Wildman–Crippen LogP) is 4.62. The van der Waals surface area contributed by atoms with Crippen molar-refractivity contribution in [3.05, 3.63) is 59.2 Å². The molecular weight excluding hydrogens is 357 g/mol. The maximum Gasteiger partial charge on any atom is 0.253 e. The van der Waals surface area contributed by atoms with Gasteiger partial charge in [-0.05, 0) is 43.5 Å². The van der Waals surface area contributed by atoms with Crippen molar-refractivity contribution in [2.75, 3.05) is 0 Å². The van der Waals surface area contributed by atoms with E-state index in [2.05, 4.69) is 24.1 Å². The first-order valence-electron chi connectivity index (χ1n) is 9.56. The molecule has 1 aromatic heterocycles. The summed E-state index contributed by atoms with van der Waals surface area (Å²) in [5, 5.41) is 11.9. The predicted molar refractivity (Wildman–Crippen MR) is 105 cm³/mol. The number of hydrogen-bond acceptors (Lipinski definition) is 4. The van der Waals surface area contributed by atoms with Crippen LogP contribution in [-0.4, -0.2) is 16.9 Å². The van der Waals surface area contributed by atoms with Gasteiger partial charge in [-0.3, -0.25) is 9.78 Å². The number of pyridine rings is 1. The first-order valence-corrected chi connectivity index (χ1v) is 9.56. The molecule has 0 fully saturated rings. The molecule has 6 heteroatoms. The summed E-state index contributed by atoms with van der Waals surface area (Å²) in [7, 11) is 0. The third-order valence-corrected chi connectivity index (χ3v) is 4.72. The smallest absolute Gasteiger partial charge is 0.253 e. The Hall–Kier alpha value is -2.94. The lowest BCUT2D eigenvalue weighted by molar-refractivity contribution is 0.0923. The topological polar surface area (TPSA) is 75.0 Å². The second-order valence-corrected chi connectivity index (χ2v) is 6.83. The molecule has 0 saturated carbocycles. The molecule has 2 aromatic rings. The molecule has 148 valence electrons. The molecular formula is C22H26FN3O2. The Morgan fingerprint density at radius 3 is 2.71 bits per heavy atom. The molecule has 0 radical (unpaired) electrons. The fourth-order valence-electron chi connectivity index (χ4n) is 3.10. The number of amides is 1. The van der Waals surface area contributed by atoms with Gasteiger partial charge in [0.1, 0.15) is 18.2 Å². The molecule has 2 atom stereocenters. The molecule has 2 rings (SSSR count). The summed E-state index contributed by atoms with van der Waals surface area (Å²) in [5.74, 6) is 0.0390. The van der Waals surface area contributed by atoms with E-state index in [4.69, 9.17) is 10.00 Å². The van der Waals surface area contributed by atoms with Crippen LogP contribution in [0.5, 0.6) is 5.75 Å². The molecule has 1 N–H and O–H groups in total. The normalized spacial score (nSPS) is 12.7. The van der Waals surface area contributed by atoms with E-state index in [1.54, 1.807) is 12.1 Å². The van der Waals surface area contributed by atoms with Gasteiger partial charge in [0.2, 0.25) is 0 Å². The van der Waals surface area contributed by atoms with Gasteiger partial charge in [-0.25, -0.2) is 4.39 Å². The largest absolute Gasteiger partial charge is 0.487 e. The van der Waals surface area contributed by atoms with Crippen molar-refractivity contribution in [3.8, 4) is 11.8 Å². The van der Waals surface area contributed by atoms with Crippen LogP contribution >= 0.6 is 0 Å². The minimum Gasteiger partial charge on any atom is -0.487 e. The van der Waals surface area contributed by atoms with Gasteiger partial charge in [-0.15, -0.1) is 0 Å². The van der Waals surface area contributed by atoms with Crippen molar-refractivity contribution in [2.24, 2.45) is 5.92 Å². The number of benzene rings is 1. The zero-order chi connectivity index (χ0) is 20.5. The number of nitrogens with one attached hydrogen (secondary N) is 1. The second-order valence-electron chi connectivity index (χ2n) is 6.83. The van der Waals surface area contributed by atoms with Crippen LogP contribution in [0.1, 0.15) is 61.6 Å². The quantitative estimate of drug-likeness (QED) is 0.686. The molecule has 1 heterocycles. The van der Waals surface area contributed by atoms with E-state index in [-0.39, 0.29) is 29.9 Å². The highest BCUT2D eigenvalue weighted by atomic mass is 19.1. The molecule has 5 nitrogen and oxygen atoms in total. The number of aromatic nitrogens is 1. The molecule has 0 aliphatic heterocycles.